The van der Waals surface area contributed by atoms with Crippen molar-refractivity contribution in [3.8, 4) is 0 Å². The molecule has 2 aliphatic rings. The van der Waals surface area contributed by atoms with Crippen LogP contribution in [0.3, 0.4) is 0 Å². The van der Waals surface area contributed by atoms with Crippen molar-refractivity contribution in [1.82, 2.24) is 14.9 Å². The van der Waals surface area contributed by atoms with Gasteiger partial charge in [-0.15, -0.1) is 0 Å². The van der Waals surface area contributed by atoms with E-state index in [1.54, 1.807) is 12.4 Å². The highest BCUT2D eigenvalue weighted by Crippen LogP contribution is 2.36. The normalized spacial score (nSPS) is 21.3. The lowest BCUT2D eigenvalue weighted by molar-refractivity contribution is -0.193. The van der Waals surface area contributed by atoms with Crippen molar-refractivity contribution in [2.24, 2.45) is 0 Å². The predicted molar refractivity (Wildman–Crippen MR) is 121 cm³/mol. The third-order valence-electron chi connectivity index (χ3n) is 5.53. The molecule has 2 aromatic rings. The number of benzene rings is 1. The summed E-state index contributed by atoms with van der Waals surface area (Å²) in [4.78, 5) is 28.7. The van der Waals surface area contributed by atoms with Gasteiger partial charge in [0, 0.05) is 31.9 Å². The highest BCUT2D eigenvalue weighted by molar-refractivity contribution is 5.73. The fourth-order valence-corrected chi connectivity index (χ4v) is 3.95. The third kappa shape index (κ3) is 11.0. The molecule has 39 heavy (non-hydrogen) atoms. The summed E-state index contributed by atoms with van der Waals surface area (Å²) in [5.41, 5.74) is 1.05. The number of piperidine rings is 1. The molecular formula is C23H25F7N4O5. The first-order valence-electron chi connectivity index (χ1n) is 11.3. The summed E-state index contributed by atoms with van der Waals surface area (Å²) in [5.74, 6) is -5.04. The summed E-state index contributed by atoms with van der Waals surface area (Å²) in [6.07, 6.45) is -3.51. The Morgan fingerprint density at radius 2 is 1.56 bits per heavy atom. The minimum Gasteiger partial charge on any atom is -0.475 e. The van der Waals surface area contributed by atoms with Crippen molar-refractivity contribution >= 4 is 17.9 Å². The molecule has 0 amide bonds. The number of carboxylic acids is 2. The minimum absolute atomic E-state index is 0.0925. The van der Waals surface area contributed by atoms with Crippen molar-refractivity contribution in [3.63, 3.8) is 0 Å². The summed E-state index contributed by atoms with van der Waals surface area (Å²) >= 11 is 0. The lowest BCUT2D eigenvalue weighted by atomic mass is 9.88. The summed E-state index contributed by atoms with van der Waals surface area (Å²) < 4.78 is 82.8. The van der Waals surface area contributed by atoms with Crippen LogP contribution in [0.1, 0.15) is 24.8 Å². The molecule has 1 aromatic carbocycles. The molecule has 2 aliphatic heterocycles. The SMILES string of the molecule is Fc1ccc(CN2CCCC3(CC(Nc4ncccn4)CO3)C2)cc1.O=C(O)C(F)(F)F.O=C(O)C(F)(F)F. The van der Waals surface area contributed by atoms with Gasteiger partial charge in [-0.25, -0.2) is 23.9 Å². The van der Waals surface area contributed by atoms with E-state index in [0.717, 1.165) is 44.5 Å². The van der Waals surface area contributed by atoms with Gasteiger partial charge >= 0.3 is 24.3 Å². The molecule has 2 saturated heterocycles. The average molecular weight is 570 g/mol. The van der Waals surface area contributed by atoms with Crippen LogP contribution in [0, 0.1) is 5.82 Å². The van der Waals surface area contributed by atoms with Crippen LogP contribution in [0.15, 0.2) is 42.7 Å². The summed E-state index contributed by atoms with van der Waals surface area (Å²) in [7, 11) is 0. The van der Waals surface area contributed by atoms with Gasteiger partial charge in [-0.1, -0.05) is 12.1 Å². The van der Waals surface area contributed by atoms with Gasteiger partial charge in [0.15, 0.2) is 0 Å². The molecular weight excluding hydrogens is 545 g/mol. The van der Waals surface area contributed by atoms with Crippen LogP contribution in [0.25, 0.3) is 0 Å². The van der Waals surface area contributed by atoms with Gasteiger partial charge in [-0.2, -0.15) is 26.3 Å². The Labute approximate surface area is 217 Å². The molecule has 4 rings (SSSR count). The van der Waals surface area contributed by atoms with Gasteiger partial charge in [0.25, 0.3) is 0 Å². The molecule has 0 aliphatic carbocycles. The number of ether oxygens (including phenoxy) is 1. The van der Waals surface area contributed by atoms with E-state index in [0.29, 0.717) is 12.6 Å². The van der Waals surface area contributed by atoms with Crippen LogP contribution >= 0.6 is 0 Å². The number of aromatic nitrogens is 2. The molecule has 1 spiro atoms. The van der Waals surface area contributed by atoms with Gasteiger partial charge in [-0.05, 0) is 43.1 Å². The molecule has 216 valence electrons. The van der Waals surface area contributed by atoms with Crippen LogP contribution in [0.2, 0.25) is 0 Å². The number of hydrogen-bond acceptors (Lipinski definition) is 7. The van der Waals surface area contributed by atoms with E-state index in [-0.39, 0.29) is 17.5 Å². The first-order chi connectivity index (χ1) is 18.1. The Hall–Kier alpha value is -3.53. The second-order valence-corrected chi connectivity index (χ2v) is 8.66. The molecule has 0 saturated carbocycles. The number of carbonyl (C=O) groups is 2. The number of halogens is 7. The maximum Gasteiger partial charge on any atom is 0.490 e. The van der Waals surface area contributed by atoms with Crippen molar-refractivity contribution in [1.29, 1.82) is 0 Å². The minimum atomic E-state index is -5.08. The number of anilines is 1. The fraction of sp³-hybridized carbons (Fsp3) is 0.478. The molecule has 0 bridgehead atoms. The summed E-state index contributed by atoms with van der Waals surface area (Å²) in [5, 5.41) is 17.6. The lowest BCUT2D eigenvalue weighted by Crippen LogP contribution is -2.47. The van der Waals surface area contributed by atoms with Gasteiger partial charge in [0.05, 0.1) is 18.2 Å². The highest BCUT2D eigenvalue weighted by atomic mass is 19.4. The van der Waals surface area contributed by atoms with Gasteiger partial charge < -0.3 is 20.3 Å². The monoisotopic (exact) mass is 570 g/mol. The Bertz CT molecular complexity index is 1050. The molecule has 3 N–H and O–H groups in total. The maximum atomic E-state index is 13.1. The number of nitrogens with zero attached hydrogens (tertiary/aromatic N) is 3. The third-order valence-corrected chi connectivity index (χ3v) is 5.53. The molecule has 1 aromatic heterocycles. The van der Waals surface area contributed by atoms with Crippen LogP contribution in [0.4, 0.5) is 36.7 Å². The molecule has 9 nitrogen and oxygen atoms in total. The quantitative estimate of drug-likeness (QED) is 0.466. The fourth-order valence-electron chi connectivity index (χ4n) is 3.95. The number of carboxylic acid groups (broad SMARTS) is 2. The predicted octanol–water partition coefficient (Wildman–Crippen LogP) is 4.12. The van der Waals surface area contributed by atoms with E-state index in [1.165, 1.54) is 12.1 Å². The van der Waals surface area contributed by atoms with Gasteiger partial charge in [0.1, 0.15) is 5.82 Å². The van der Waals surface area contributed by atoms with Gasteiger partial charge in [-0.3, -0.25) is 4.90 Å². The smallest absolute Gasteiger partial charge is 0.475 e. The number of likely N-dealkylation sites (tertiary alicyclic amines) is 1. The number of aliphatic carboxylic acids is 2. The second-order valence-electron chi connectivity index (χ2n) is 8.66. The molecule has 2 fully saturated rings. The molecule has 2 atom stereocenters. The standard InChI is InChI=1S/C19H23FN4O.2C2HF3O2/c20-16-5-3-15(4-6-16)12-24-10-1-7-19(14-24)11-17(13-25-19)23-18-21-8-2-9-22-18;2*3-2(4,5)1(6)7/h2-6,8-9,17H,1,7,10-14H2,(H,21,22,23);2*(H,6,7). The first kappa shape index (κ1) is 31.7. The van der Waals surface area contributed by atoms with Crippen LogP contribution < -0.4 is 5.32 Å². The van der Waals surface area contributed by atoms with E-state index in [4.69, 9.17) is 24.5 Å². The maximum absolute atomic E-state index is 13.1. The zero-order valence-electron chi connectivity index (χ0n) is 20.2. The number of nitrogens with one attached hydrogen (secondary N) is 1. The van der Waals surface area contributed by atoms with E-state index in [9.17, 15) is 30.7 Å². The number of alkyl halides is 6. The summed E-state index contributed by atoms with van der Waals surface area (Å²) in [6.45, 7) is 3.49. The molecule has 0 radical (unpaired) electrons. The Balaban J connectivity index is 0.000000317. The van der Waals surface area contributed by atoms with Crippen molar-refractivity contribution < 1.29 is 55.3 Å². The van der Waals surface area contributed by atoms with Crippen LogP contribution in [-0.2, 0) is 20.9 Å². The number of rotatable bonds is 4. The van der Waals surface area contributed by atoms with Crippen LogP contribution in [0.5, 0.6) is 0 Å². The van der Waals surface area contributed by atoms with E-state index < -0.39 is 24.3 Å². The second kappa shape index (κ2) is 13.5. The Kier molecular flexibility index (Phi) is 11.0. The Morgan fingerprint density at radius 1 is 1.03 bits per heavy atom. The topological polar surface area (TPSA) is 125 Å². The van der Waals surface area contributed by atoms with Crippen molar-refractivity contribution in [2.75, 3.05) is 25.0 Å². The highest BCUT2D eigenvalue weighted by Gasteiger charge is 2.43. The lowest BCUT2D eigenvalue weighted by Gasteiger charge is -2.39. The van der Waals surface area contributed by atoms with E-state index in [1.807, 2.05) is 18.2 Å². The largest absolute Gasteiger partial charge is 0.490 e. The molecule has 2 unspecified atom stereocenters. The van der Waals surface area contributed by atoms with E-state index in [2.05, 4.69) is 20.2 Å². The number of hydrogen-bond donors (Lipinski definition) is 3. The first-order valence-corrected chi connectivity index (χ1v) is 11.3. The average Bonchev–Trinajstić information content (AvgIpc) is 3.22. The van der Waals surface area contributed by atoms with Crippen molar-refractivity contribution in [3.05, 3.63) is 54.1 Å². The van der Waals surface area contributed by atoms with Crippen LogP contribution in [-0.4, -0.2) is 80.7 Å². The Morgan fingerprint density at radius 3 is 2.08 bits per heavy atom. The van der Waals surface area contributed by atoms with Gasteiger partial charge in [0.2, 0.25) is 5.95 Å². The van der Waals surface area contributed by atoms with Crippen molar-refractivity contribution in [2.45, 2.75) is 49.8 Å². The zero-order valence-corrected chi connectivity index (χ0v) is 20.2. The molecule has 16 heteroatoms. The van der Waals surface area contributed by atoms with E-state index >= 15 is 0 Å². The molecule has 3 heterocycles. The zero-order chi connectivity index (χ0) is 29.3. The summed E-state index contributed by atoms with van der Waals surface area (Å²) in [6, 6.07) is 8.84.